The molecule has 0 aromatic heterocycles. The summed E-state index contributed by atoms with van der Waals surface area (Å²) in [5, 5.41) is 14.3. The number of halogens is 2. The number of likely N-dealkylation sites (N-methyl/N-ethyl adjacent to an activating group) is 1. The Morgan fingerprint density at radius 2 is 1.82 bits per heavy atom. The van der Waals surface area contributed by atoms with Gasteiger partial charge in [0.2, 0.25) is 5.78 Å². The lowest BCUT2D eigenvalue weighted by molar-refractivity contribution is -0.895. The molecule has 1 amide bonds. The van der Waals surface area contributed by atoms with Crippen molar-refractivity contribution in [3.63, 3.8) is 0 Å². The van der Waals surface area contributed by atoms with E-state index >= 15 is 0 Å². The molecule has 1 fully saturated rings. The summed E-state index contributed by atoms with van der Waals surface area (Å²) in [5.74, 6) is -1.34. The van der Waals surface area contributed by atoms with Crippen molar-refractivity contribution in [2.24, 2.45) is 0 Å². The van der Waals surface area contributed by atoms with E-state index in [4.69, 9.17) is 27.9 Å². The fourth-order valence-corrected chi connectivity index (χ4v) is 4.72. The molecule has 6 nitrogen and oxygen atoms in total. The number of aryl methyl sites for hydroxylation is 1. The second-order valence-electron chi connectivity index (χ2n) is 8.03. The van der Waals surface area contributed by atoms with E-state index in [1.165, 1.54) is 9.80 Å². The van der Waals surface area contributed by atoms with E-state index in [9.17, 15) is 14.7 Å². The molecule has 1 atom stereocenters. The molecule has 0 radical (unpaired) electrons. The van der Waals surface area contributed by atoms with Gasteiger partial charge in [-0.1, -0.05) is 41.1 Å². The number of ketones is 1. The summed E-state index contributed by atoms with van der Waals surface area (Å²) in [6.45, 7) is 8.70. The van der Waals surface area contributed by atoms with Crippen LogP contribution in [0.15, 0.2) is 42.0 Å². The quantitative estimate of drug-likeness (QED) is 0.350. The molecule has 176 valence electrons. The highest BCUT2D eigenvalue weighted by Crippen LogP contribution is 2.41. The number of methoxy groups -OCH3 is 1. The summed E-state index contributed by atoms with van der Waals surface area (Å²) >= 11 is 12.6. The summed E-state index contributed by atoms with van der Waals surface area (Å²) in [6.07, 6.45) is 0. The van der Waals surface area contributed by atoms with Crippen LogP contribution < -0.4 is 14.7 Å². The minimum Gasteiger partial charge on any atom is -0.872 e. The maximum Gasteiger partial charge on any atom is 0.295 e. The predicted molar refractivity (Wildman–Crippen MR) is 127 cm³/mol. The largest absolute Gasteiger partial charge is 0.872 e. The van der Waals surface area contributed by atoms with Crippen LogP contribution >= 0.6 is 23.2 Å². The summed E-state index contributed by atoms with van der Waals surface area (Å²) in [6, 6.07) is 8.93. The van der Waals surface area contributed by atoms with Crippen LogP contribution in [0.3, 0.4) is 0 Å². The molecule has 0 spiro atoms. The van der Waals surface area contributed by atoms with E-state index in [-0.39, 0.29) is 5.57 Å². The van der Waals surface area contributed by atoms with Crippen molar-refractivity contribution in [3.8, 4) is 5.75 Å². The minimum atomic E-state index is -0.875. The van der Waals surface area contributed by atoms with Crippen LogP contribution in [0.25, 0.3) is 5.76 Å². The van der Waals surface area contributed by atoms with E-state index in [2.05, 4.69) is 13.8 Å². The summed E-state index contributed by atoms with van der Waals surface area (Å²) in [4.78, 5) is 29.0. The number of hydrogen-bond donors (Lipinski definition) is 1. The van der Waals surface area contributed by atoms with E-state index in [0.717, 1.165) is 18.7 Å². The lowest BCUT2D eigenvalue weighted by Crippen LogP contribution is -3.12. The van der Waals surface area contributed by atoms with Crippen molar-refractivity contribution in [2.75, 3.05) is 33.3 Å². The Balaban J connectivity index is 2.15. The highest BCUT2D eigenvalue weighted by Gasteiger charge is 2.45. The number of nitrogens with zero attached hydrogens (tertiary/aromatic N) is 1. The van der Waals surface area contributed by atoms with Gasteiger partial charge >= 0.3 is 0 Å². The van der Waals surface area contributed by atoms with Gasteiger partial charge in [-0.3, -0.25) is 9.59 Å². The first-order valence-electron chi connectivity index (χ1n) is 10.9. The van der Waals surface area contributed by atoms with Gasteiger partial charge in [-0.25, -0.2) is 0 Å². The maximum absolute atomic E-state index is 13.6. The lowest BCUT2D eigenvalue weighted by Gasteiger charge is -2.29. The Morgan fingerprint density at radius 1 is 1.12 bits per heavy atom. The number of carbonyl (C=O) groups excluding carboxylic acids is 2. The van der Waals surface area contributed by atoms with Crippen molar-refractivity contribution in [3.05, 3.63) is 68.7 Å². The molecule has 1 unspecified atom stereocenters. The zero-order valence-electron chi connectivity index (χ0n) is 19.2. The van der Waals surface area contributed by atoms with Crippen LogP contribution in [-0.2, 0) is 9.59 Å². The molecule has 0 aliphatic carbocycles. The van der Waals surface area contributed by atoms with Gasteiger partial charge in [-0.15, -0.1) is 0 Å². The van der Waals surface area contributed by atoms with Crippen LogP contribution in [0, 0.1) is 6.92 Å². The van der Waals surface area contributed by atoms with E-state index in [0.29, 0.717) is 40.0 Å². The highest BCUT2D eigenvalue weighted by atomic mass is 35.5. The number of Topliss-reactive ketones (excluding diaryl/α,β-unsaturated/α-hetero) is 1. The minimum absolute atomic E-state index is 0.0941. The number of benzene rings is 2. The number of amides is 1. The Hall–Kier alpha value is -2.54. The highest BCUT2D eigenvalue weighted by molar-refractivity contribution is 6.47. The van der Waals surface area contributed by atoms with Gasteiger partial charge < -0.3 is 19.6 Å². The predicted octanol–water partition coefficient (Wildman–Crippen LogP) is 2.46. The second kappa shape index (κ2) is 10.6. The monoisotopic (exact) mass is 490 g/mol. The van der Waals surface area contributed by atoms with Crippen LogP contribution in [0.5, 0.6) is 5.75 Å². The van der Waals surface area contributed by atoms with Gasteiger partial charge in [-0.2, -0.15) is 0 Å². The van der Waals surface area contributed by atoms with Gasteiger partial charge in [0.05, 0.1) is 39.3 Å². The topological polar surface area (TPSA) is 74.1 Å². The zero-order chi connectivity index (χ0) is 24.3. The van der Waals surface area contributed by atoms with Crippen LogP contribution in [0.1, 0.15) is 36.6 Å². The van der Waals surface area contributed by atoms with Crippen LogP contribution in [-0.4, -0.2) is 49.9 Å². The fourth-order valence-electron chi connectivity index (χ4n) is 4.20. The van der Waals surface area contributed by atoms with Gasteiger partial charge in [-0.05, 0) is 61.7 Å². The Labute approximate surface area is 204 Å². The number of nitrogens with one attached hydrogen (secondary N) is 1. The summed E-state index contributed by atoms with van der Waals surface area (Å²) in [5.41, 5.74) is 1.48. The molecular weight excluding hydrogens is 463 g/mol. The van der Waals surface area contributed by atoms with E-state index < -0.39 is 23.5 Å². The molecule has 1 N–H and O–H groups in total. The Morgan fingerprint density at radius 3 is 2.39 bits per heavy atom. The Bertz CT molecular complexity index is 1100. The zero-order valence-corrected chi connectivity index (χ0v) is 20.7. The van der Waals surface area contributed by atoms with Crippen LogP contribution in [0.2, 0.25) is 10.0 Å². The lowest BCUT2D eigenvalue weighted by atomic mass is 9.94. The number of likely N-dealkylation sites (tertiary alicyclic amines) is 1. The fraction of sp³-hybridized carbons (Fsp3) is 0.360. The number of ether oxygens (including phenoxy) is 1. The summed E-state index contributed by atoms with van der Waals surface area (Å²) in [7, 11) is 1.55. The number of quaternary nitrogens is 1. The molecule has 1 saturated heterocycles. The first-order chi connectivity index (χ1) is 15.7. The second-order valence-corrected chi connectivity index (χ2v) is 8.87. The van der Waals surface area contributed by atoms with Crippen molar-refractivity contribution in [1.82, 2.24) is 4.90 Å². The van der Waals surface area contributed by atoms with Crippen LogP contribution in [0.4, 0.5) is 0 Å². The van der Waals surface area contributed by atoms with E-state index in [1.807, 2.05) is 6.92 Å². The first-order valence-corrected chi connectivity index (χ1v) is 11.7. The number of rotatable bonds is 8. The third-order valence-electron chi connectivity index (χ3n) is 6.15. The van der Waals surface area contributed by atoms with Gasteiger partial charge in [0.15, 0.2) is 0 Å². The summed E-state index contributed by atoms with van der Waals surface area (Å²) < 4.78 is 5.27. The molecule has 2 aromatic carbocycles. The number of carbonyl (C=O) groups is 2. The third-order valence-corrected chi connectivity index (χ3v) is 6.71. The third kappa shape index (κ3) is 5.03. The number of hydrogen-bond acceptors (Lipinski definition) is 4. The molecule has 33 heavy (non-hydrogen) atoms. The molecule has 1 heterocycles. The van der Waals surface area contributed by atoms with Gasteiger partial charge in [0.25, 0.3) is 5.91 Å². The van der Waals surface area contributed by atoms with Crippen molar-refractivity contribution < 1.29 is 24.3 Å². The van der Waals surface area contributed by atoms with E-state index in [1.54, 1.807) is 43.5 Å². The molecule has 1 aliphatic rings. The SMILES string of the molecule is CC[NH+](CC)CCN1C(=O)C(=O)C(=C([O-])c2ccc(OC)c(C)c2)C1c1ccc(Cl)cc1Cl. The maximum atomic E-state index is 13.6. The molecule has 1 aliphatic heterocycles. The standard InChI is InChI=1S/C25H28Cl2N2O4/c1-5-28(6-2)11-12-29-22(18-9-8-17(26)14-19(18)27)21(24(31)25(29)32)23(30)16-7-10-20(33-4)15(3)13-16/h7-10,13-14,22,30H,5-6,11-12H2,1-4H3. The molecule has 0 bridgehead atoms. The molecule has 2 aromatic rings. The first kappa shape index (κ1) is 25.1. The average Bonchev–Trinajstić information content (AvgIpc) is 3.04. The molecular formula is C25H28Cl2N2O4. The average molecular weight is 491 g/mol. The van der Waals surface area contributed by atoms with Crippen molar-refractivity contribution >= 4 is 40.7 Å². The van der Waals surface area contributed by atoms with Crippen molar-refractivity contribution in [2.45, 2.75) is 26.8 Å². The Kier molecular flexibility index (Phi) is 8.05. The normalized spacial score (nSPS) is 17.8. The van der Waals surface area contributed by atoms with Crippen molar-refractivity contribution in [1.29, 1.82) is 0 Å². The molecule has 3 rings (SSSR count). The smallest absolute Gasteiger partial charge is 0.295 e. The van der Waals surface area contributed by atoms with Gasteiger partial charge in [0, 0.05) is 15.6 Å². The van der Waals surface area contributed by atoms with Gasteiger partial charge in [0.1, 0.15) is 5.75 Å². The molecule has 8 heteroatoms. The molecule has 0 saturated carbocycles.